The molecule has 0 aromatic carbocycles. The van der Waals surface area contributed by atoms with Crippen LogP contribution in [0.4, 0.5) is 0 Å². The molecule has 0 fully saturated rings. The van der Waals surface area contributed by atoms with Gasteiger partial charge in [0.1, 0.15) is 0 Å². The molecule has 2 aliphatic heterocycles. The second-order valence-corrected chi connectivity index (χ2v) is 9.35. The zero-order valence-corrected chi connectivity index (χ0v) is 21.4. The van der Waals surface area contributed by atoms with Gasteiger partial charge < -0.3 is 30.8 Å². The lowest BCUT2D eigenvalue weighted by Crippen LogP contribution is -2.15. The van der Waals surface area contributed by atoms with Gasteiger partial charge in [0.2, 0.25) is 0 Å². The number of H-pyrrole nitrogens is 2. The summed E-state index contributed by atoms with van der Waals surface area (Å²) < 4.78 is 0. The van der Waals surface area contributed by atoms with Crippen molar-refractivity contribution in [3.8, 4) is 0 Å². The summed E-state index contributed by atoms with van der Waals surface area (Å²) in [5.74, 6) is -2.72. The van der Waals surface area contributed by atoms with Crippen molar-refractivity contribution in [3.63, 3.8) is 0 Å². The van der Waals surface area contributed by atoms with Gasteiger partial charge in [-0.25, -0.2) is 9.59 Å². The Balaban J connectivity index is 1.79. The molecule has 2 amide bonds. The van der Waals surface area contributed by atoms with Gasteiger partial charge in [0.25, 0.3) is 11.8 Å². The summed E-state index contributed by atoms with van der Waals surface area (Å²) in [5, 5.41) is 25.4. The first kappa shape index (κ1) is 25.5. The molecular formula is C27H28N4O6. The molecule has 0 bridgehead atoms. The first-order chi connectivity index (χ1) is 17.3. The van der Waals surface area contributed by atoms with E-state index < -0.39 is 11.9 Å². The number of allylic oxidation sites excluding steroid dienone is 2. The van der Waals surface area contributed by atoms with Crippen molar-refractivity contribution in [2.75, 3.05) is 0 Å². The molecular weight excluding hydrogens is 476 g/mol. The van der Waals surface area contributed by atoms with Crippen LogP contribution in [0, 0.1) is 13.8 Å². The quantitative estimate of drug-likeness (QED) is 0.352. The summed E-state index contributed by atoms with van der Waals surface area (Å²) in [4.78, 5) is 54.6. The van der Waals surface area contributed by atoms with Crippen LogP contribution in [-0.2, 0) is 16.0 Å². The molecule has 10 nitrogen and oxygen atoms in total. The molecule has 2 aromatic heterocycles. The van der Waals surface area contributed by atoms with Gasteiger partial charge in [-0.15, -0.1) is 0 Å². The predicted molar refractivity (Wildman–Crippen MR) is 137 cm³/mol. The molecule has 10 heteroatoms. The summed E-state index contributed by atoms with van der Waals surface area (Å²) in [6.07, 6.45) is 3.35. The Kier molecular flexibility index (Phi) is 6.29. The predicted octanol–water partition coefficient (Wildman–Crippen LogP) is 3.56. The summed E-state index contributed by atoms with van der Waals surface area (Å²) in [7, 11) is 0. The highest BCUT2D eigenvalue weighted by molar-refractivity contribution is 6.02. The molecule has 192 valence electrons. The molecule has 4 rings (SSSR count). The highest BCUT2D eigenvalue weighted by Crippen LogP contribution is 2.30. The molecule has 0 spiro atoms. The maximum atomic E-state index is 12.2. The van der Waals surface area contributed by atoms with Gasteiger partial charge in [0, 0.05) is 51.7 Å². The molecule has 4 heterocycles. The van der Waals surface area contributed by atoms with Crippen LogP contribution in [0.5, 0.6) is 0 Å². The average Bonchev–Trinajstić information content (AvgIpc) is 3.45. The van der Waals surface area contributed by atoms with E-state index in [-0.39, 0.29) is 29.4 Å². The summed E-state index contributed by atoms with van der Waals surface area (Å²) in [6.45, 7) is 10.4. The van der Waals surface area contributed by atoms with Crippen molar-refractivity contribution in [3.05, 3.63) is 78.7 Å². The van der Waals surface area contributed by atoms with Gasteiger partial charge in [-0.1, -0.05) is 0 Å². The molecule has 0 atom stereocenters. The van der Waals surface area contributed by atoms with Crippen molar-refractivity contribution < 1.29 is 29.4 Å². The van der Waals surface area contributed by atoms with E-state index in [0.29, 0.717) is 56.4 Å². The molecule has 0 unspecified atom stereocenters. The van der Waals surface area contributed by atoms with Crippen LogP contribution in [0.1, 0.15) is 82.3 Å². The number of carboxylic acids is 2. The maximum absolute atomic E-state index is 12.2. The fourth-order valence-electron chi connectivity index (χ4n) is 4.61. The van der Waals surface area contributed by atoms with Gasteiger partial charge in [-0.3, -0.25) is 9.59 Å². The van der Waals surface area contributed by atoms with Crippen LogP contribution in [0.2, 0.25) is 0 Å². The first-order valence-corrected chi connectivity index (χ1v) is 11.6. The third-order valence-corrected chi connectivity index (χ3v) is 7.20. The fourth-order valence-corrected chi connectivity index (χ4v) is 4.61. The second kappa shape index (κ2) is 9.12. The van der Waals surface area contributed by atoms with Gasteiger partial charge in [0.15, 0.2) is 0 Å². The summed E-state index contributed by atoms with van der Waals surface area (Å²) in [5.41, 5.74) is 6.51. The van der Waals surface area contributed by atoms with E-state index in [1.165, 1.54) is 0 Å². The molecule has 0 radical (unpaired) electrons. The lowest BCUT2D eigenvalue weighted by molar-refractivity contribution is -0.117. The smallest absolute Gasteiger partial charge is 0.337 e. The Labute approximate surface area is 212 Å². The molecule has 37 heavy (non-hydrogen) atoms. The van der Waals surface area contributed by atoms with E-state index in [1.54, 1.807) is 53.7 Å². The van der Waals surface area contributed by atoms with Crippen molar-refractivity contribution in [2.45, 2.75) is 48.0 Å². The Morgan fingerprint density at radius 3 is 1.27 bits per heavy atom. The van der Waals surface area contributed by atoms with E-state index in [4.69, 9.17) is 0 Å². The summed E-state index contributed by atoms with van der Waals surface area (Å²) in [6, 6.07) is 0. The molecule has 0 saturated carbocycles. The number of aromatic amines is 2. The van der Waals surface area contributed by atoms with Crippen LogP contribution in [-0.4, -0.2) is 43.9 Å². The summed E-state index contributed by atoms with van der Waals surface area (Å²) >= 11 is 0. The number of nitrogens with one attached hydrogen (secondary N) is 4. The number of aromatic nitrogens is 2. The molecule has 2 aliphatic rings. The van der Waals surface area contributed by atoms with E-state index in [1.807, 2.05) is 0 Å². The van der Waals surface area contributed by atoms with Crippen molar-refractivity contribution in [1.82, 2.24) is 20.6 Å². The van der Waals surface area contributed by atoms with Crippen LogP contribution in [0.3, 0.4) is 0 Å². The number of aromatic carboxylic acids is 2. The fraction of sp³-hybridized carbons (Fsp3) is 0.259. The average molecular weight is 505 g/mol. The second-order valence-electron chi connectivity index (χ2n) is 9.35. The van der Waals surface area contributed by atoms with E-state index in [0.717, 1.165) is 11.1 Å². The molecule has 0 saturated heterocycles. The number of amides is 2. The van der Waals surface area contributed by atoms with Crippen LogP contribution >= 0.6 is 0 Å². The van der Waals surface area contributed by atoms with Gasteiger partial charge in [0.05, 0.1) is 11.1 Å². The van der Waals surface area contributed by atoms with E-state index in [9.17, 15) is 29.4 Å². The van der Waals surface area contributed by atoms with Crippen molar-refractivity contribution in [1.29, 1.82) is 0 Å². The van der Waals surface area contributed by atoms with Gasteiger partial charge >= 0.3 is 11.9 Å². The van der Waals surface area contributed by atoms with Gasteiger partial charge in [-0.05, 0) is 76.0 Å². The highest BCUT2D eigenvalue weighted by Gasteiger charge is 2.27. The van der Waals surface area contributed by atoms with Crippen LogP contribution in [0.25, 0.3) is 12.2 Å². The number of hydrogen-bond donors (Lipinski definition) is 6. The monoisotopic (exact) mass is 504 g/mol. The topological polar surface area (TPSA) is 164 Å². The number of carbonyl (C=O) groups is 4. The number of rotatable bonds is 6. The minimum absolute atomic E-state index is 0.0162. The Bertz CT molecular complexity index is 1430. The Morgan fingerprint density at radius 2 is 1.00 bits per heavy atom. The number of carboxylic acid groups (broad SMARTS) is 2. The first-order valence-electron chi connectivity index (χ1n) is 11.6. The number of hydrogen-bond acceptors (Lipinski definition) is 4. The minimum Gasteiger partial charge on any atom is -0.478 e. The highest BCUT2D eigenvalue weighted by atomic mass is 16.4. The molecule has 6 N–H and O–H groups in total. The standard InChI is InChI=1S/C27H28N4O6/c1-10-12(3)24(32)30-16(10)7-18-14(5)22(26(34)35)20(28-18)9-21-23(27(36)37)15(6)19(29-21)8-17-11(2)13(4)25(33)31-17/h7-8,28-29H,9H2,1-6H3,(H,30,32)(H,31,33)(H,34,35)(H,36,37)/b16-7-,17-8+. The van der Waals surface area contributed by atoms with Crippen LogP contribution in [0.15, 0.2) is 33.7 Å². The SMILES string of the molecule is CC1=C(C)/C(=C/c2[nH]c(Cc3[nH]c(/C=C4/NC(=O)C(C)=C4C)c(C)c3C(=O)O)c(C(=O)O)c2C)NC1=O. The molecule has 2 aromatic rings. The lowest BCUT2D eigenvalue weighted by atomic mass is 10.0. The van der Waals surface area contributed by atoms with E-state index in [2.05, 4.69) is 20.6 Å². The van der Waals surface area contributed by atoms with Gasteiger partial charge in [-0.2, -0.15) is 0 Å². The van der Waals surface area contributed by atoms with E-state index >= 15 is 0 Å². The molecule has 0 aliphatic carbocycles. The van der Waals surface area contributed by atoms with Crippen molar-refractivity contribution in [2.24, 2.45) is 0 Å². The Morgan fingerprint density at radius 1 is 0.649 bits per heavy atom. The largest absolute Gasteiger partial charge is 0.478 e. The Hall–Kier alpha value is -4.60. The maximum Gasteiger partial charge on any atom is 0.337 e. The normalized spacial score (nSPS) is 17.9. The number of carbonyl (C=O) groups excluding carboxylic acids is 2. The minimum atomic E-state index is -1.15. The lowest BCUT2D eigenvalue weighted by Gasteiger charge is -2.02. The van der Waals surface area contributed by atoms with Crippen molar-refractivity contribution >= 4 is 35.9 Å². The third kappa shape index (κ3) is 4.31. The van der Waals surface area contributed by atoms with Crippen LogP contribution < -0.4 is 10.6 Å². The zero-order chi connectivity index (χ0) is 27.3. The third-order valence-electron chi connectivity index (χ3n) is 7.20. The zero-order valence-electron chi connectivity index (χ0n) is 21.4.